The minimum atomic E-state index is -0.886. The Morgan fingerprint density at radius 2 is 2.00 bits per heavy atom. The highest BCUT2D eigenvalue weighted by Gasteiger charge is 2.15. The molecule has 0 aromatic carbocycles. The minimum absolute atomic E-state index is 0.00369. The van der Waals surface area contributed by atoms with Crippen LogP contribution in [-0.2, 0) is 9.59 Å². The number of nitrogens with one attached hydrogen (secondary N) is 1. The normalized spacial score (nSPS) is 12.1. The highest BCUT2D eigenvalue weighted by molar-refractivity contribution is 7.15. The fraction of sp³-hybridized carbons (Fsp3) is 0.714. The predicted molar refractivity (Wildman–Crippen MR) is 82.6 cm³/mol. The Morgan fingerprint density at radius 1 is 1.24 bits per heavy atom. The molecule has 0 aliphatic rings. The van der Waals surface area contributed by atoms with E-state index in [4.69, 9.17) is 5.11 Å². The van der Waals surface area contributed by atoms with Crippen molar-refractivity contribution in [3.05, 3.63) is 5.01 Å². The summed E-state index contributed by atoms with van der Waals surface area (Å²) < 4.78 is 0. The third-order valence-electron chi connectivity index (χ3n) is 3.23. The molecular weight excluding hydrogens is 290 g/mol. The molecule has 1 heterocycles. The Kier molecular flexibility index (Phi) is 7.89. The molecule has 0 radical (unpaired) electrons. The van der Waals surface area contributed by atoms with Crippen molar-refractivity contribution in [2.24, 2.45) is 0 Å². The second-order valence-corrected chi connectivity index (χ2v) is 6.00. The maximum absolute atomic E-state index is 11.6. The number of carboxylic acid groups (broad SMARTS) is 1. The van der Waals surface area contributed by atoms with Crippen LogP contribution in [0, 0.1) is 0 Å². The van der Waals surface area contributed by atoms with E-state index in [0.717, 1.165) is 30.7 Å². The molecular formula is C14H23N3O3S. The van der Waals surface area contributed by atoms with Crippen molar-refractivity contribution in [2.75, 3.05) is 5.32 Å². The van der Waals surface area contributed by atoms with E-state index >= 15 is 0 Å². The number of amides is 1. The Balaban J connectivity index is 2.46. The Bertz CT molecular complexity index is 462. The van der Waals surface area contributed by atoms with Crippen LogP contribution < -0.4 is 5.32 Å². The first-order valence-corrected chi connectivity index (χ1v) is 8.23. The Hall–Kier alpha value is -1.50. The summed E-state index contributed by atoms with van der Waals surface area (Å²) in [6.07, 6.45) is 4.95. The molecule has 0 fully saturated rings. The van der Waals surface area contributed by atoms with Crippen molar-refractivity contribution in [1.82, 2.24) is 10.2 Å². The monoisotopic (exact) mass is 313 g/mol. The van der Waals surface area contributed by atoms with E-state index in [0.29, 0.717) is 17.5 Å². The lowest BCUT2D eigenvalue weighted by molar-refractivity contribution is -0.137. The van der Waals surface area contributed by atoms with Crippen LogP contribution in [0.3, 0.4) is 0 Å². The standard InChI is InChI=1S/C14H23N3O3S/c1-3-5-7-10(4-2)13-16-17-14(21-13)15-11(18)8-6-9-12(19)20/h10H,3-9H2,1-2H3,(H,19,20)(H,15,17,18). The Labute approximate surface area is 129 Å². The second kappa shape index (κ2) is 9.44. The van der Waals surface area contributed by atoms with Gasteiger partial charge in [-0.2, -0.15) is 0 Å². The third kappa shape index (κ3) is 6.66. The van der Waals surface area contributed by atoms with Crippen LogP contribution in [0.5, 0.6) is 0 Å². The maximum atomic E-state index is 11.6. The average molecular weight is 313 g/mol. The highest BCUT2D eigenvalue weighted by Crippen LogP contribution is 2.29. The quantitative estimate of drug-likeness (QED) is 0.690. The number of hydrogen-bond acceptors (Lipinski definition) is 5. The van der Waals surface area contributed by atoms with Crippen LogP contribution in [0.2, 0.25) is 0 Å². The van der Waals surface area contributed by atoms with Crippen molar-refractivity contribution >= 4 is 28.3 Å². The molecule has 0 aliphatic carbocycles. The van der Waals surface area contributed by atoms with Crippen molar-refractivity contribution in [1.29, 1.82) is 0 Å². The van der Waals surface area contributed by atoms with Crippen LogP contribution in [0.25, 0.3) is 0 Å². The number of nitrogens with zero attached hydrogens (tertiary/aromatic N) is 2. The van der Waals surface area contributed by atoms with Gasteiger partial charge in [0.1, 0.15) is 5.01 Å². The van der Waals surface area contributed by atoms with Gasteiger partial charge in [0, 0.05) is 18.8 Å². The number of carbonyl (C=O) groups is 2. The maximum Gasteiger partial charge on any atom is 0.303 e. The molecule has 6 nitrogen and oxygen atoms in total. The number of hydrogen-bond donors (Lipinski definition) is 2. The number of anilines is 1. The zero-order chi connectivity index (χ0) is 15.7. The van der Waals surface area contributed by atoms with Gasteiger partial charge in [-0.3, -0.25) is 9.59 Å². The molecule has 1 atom stereocenters. The van der Waals surface area contributed by atoms with E-state index in [1.807, 2.05) is 0 Å². The van der Waals surface area contributed by atoms with E-state index in [9.17, 15) is 9.59 Å². The van der Waals surface area contributed by atoms with Crippen molar-refractivity contribution < 1.29 is 14.7 Å². The first kappa shape index (κ1) is 17.6. The highest BCUT2D eigenvalue weighted by atomic mass is 32.1. The number of rotatable bonds is 10. The topological polar surface area (TPSA) is 92.2 Å². The van der Waals surface area contributed by atoms with Crippen LogP contribution in [-0.4, -0.2) is 27.2 Å². The minimum Gasteiger partial charge on any atom is -0.481 e. The number of carbonyl (C=O) groups excluding carboxylic acids is 1. The summed E-state index contributed by atoms with van der Waals surface area (Å²) in [5, 5.41) is 20.8. The molecule has 1 rings (SSSR count). The van der Waals surface area contributed by atoms with Crippen molar-refractivity contribution in [3.8, 4) is 0 Å². The zero-order valence-corrected chi connectivity index (χ0v) is 13.4. The summed E-state index contributed by atoms with van der Waals surface area (Å²) in [7, 11) is 0. The van der Waals surface area contributed by atoms with Gasteiger partial charge in [0.05, 0.1) is 0 Å². The summed E-state index contributed by atoms with van der Waals surface area (Å²) in [5.41, 5.74) is 0. The number of aromatic nitrogens is 2. The lowest BCUT2D eigenvalue weighted by atomic mass is 10.0. The first-order chi connectivity index (χ1) is 10.1. The molecule has 0 saturated heterocycles. The van der Waals surface area contributed by atoms with Gasteiger partial charge < -0.3 is 10.4 Å². The van der Waals surface area contributed by atoms with Gasteiger partial charge in [0.25, 0.3) is 0 Å². The Morgan fingerprint density at radius 3 is 2.62 bits per heavy atom. The molecule has 21 heavy (non-hydrogen) atoms. The summed E-state index contributed by atoms with van der Waals surface area (Å²) >= 11 is 1.41. The van der Waals surface area contributed by atoms with E-state index in [2.05, 4.69) is 29.4 Å². The number of carboxylic acids is 1. The predicted octanol–water partition coefficient (Wildman–Crippen LogP) is 3.42. The molecule has 2 N–H and O–H groups in total. The van der Waals surface area contributed by atoms with E-state index in [1.165, 1.54) is 11.3 Å². The molecule has 0 spiro atoms. The largest absolute Gasteiger partial charge is 0.481 e. The van der Waals surface area contributed by atoms with E-state index in [-0.39, 0.29) is 18.7 Å². The molecule has 1 amide bonds. The van der Waals surface area contributed by atoms with Gasteiger partial charge >= 0.3 is 5.97 Å². The molecule has 1 aromatic heterocycles. The van der Waals surface area contributed by atoms with Gasteiger partial charge in [-0.05, 0) is 19.3 Å². The smallest absolute Gasteiger partial charge is 0.303 e. The fourth-order valence-corrected chi connectivity index (χ4v) is 2.96. The lowest BCUT2D eigenvalue weighted by Crippen LogP contribution is -2.11. The second-order valence-electron chi connectivity index (χ2n) is 4.99. The first-order valence-electron chi connectivity index (χ1n) is 7.41. The fourth-order valence-electron chi connectivity index (χ4n) is 1.98. The van der Waals surface area contributed by atoms with Gasteiger partial charge in [0.2, 0.25) is 11.0 Å². The molecule has 0 aliphatic heterocycles. The van der Waals surface area contributed by atoms with Crippen molar-refractivity contribution in [2.45, 2.75) is 64.7 Å². The molecule has 118 valence electrons. The summed E-state index contributed by atoms with van der Waals surface area (Å²) in [6.45, 7) is 4.29. The van der Waals surface area contributed by atoms with Crippen LogP contribution >= 0.6 is 11.3 Å². The average Bonchev–Trinajstić information content (AvgIpc) is 2.87. The van der Waals surface area contributed by atoms with E-state index in [1.54, 1.807) is 0 Å². The van der Waals surface area contributed by atoms with Crippen LogP contribution in [0.4, 0.5) is 5.13 Å². The van der Waals surface area contributed by atoms with Crippen molar-refractivity contribution in [3.63, 3.8) is 0 Å². The summed E-state index contributed by atoms with van der Waals surface area (Å²) in [6, 6.07) is 0. The van der Waals surface area contributed by atoms with Gasteiger partial charge in [0.15, 0.2) is 0 Å². The van der Waals surface area contributed by atoms with Crippen LogP contribution in [0.15, 0.2) is 0 Å². The van der Waals surface area contributed by atoms with E-state index < -0.39 is 5.97 Å². The number of unbranched alkanes of at least 4 members (excludes halogenated alkanes) is 1. The summed E-state index contributed by atoms with van der Waals surface area (Å²) in [5.74, 6) is -0.691. The van der Waals surface area contributed by atoms with Gasteiger partial charge in [-0.15, -0.1) is 10.2 Å². The van der Waals surface area contributed by atoms with Gasteiger partial charge in [-0.25, -0.2) is 0 Å². The molecule has 0 bridgehead atoms. The zero-order valence-electron chi connectivity index (χ0n) is 12.6. The lowest BCUT2D eigenvalue weighted by Gasteiger charge is -2.09. The van der Waals surface area contributed by atoms with Crippen LogP contribution in [0.1, 0.15) is 69.7 Å². The summed E-state index contributed by atoms with van der Waals surface area (Å²) in [4.78, 5) is 22.0. The molecule has 7 heteroatoms. The van der Waals surface area contributed by atoms with Gasteiger partial charge in [-0.1, -0.05) is 38.0 Å². The number of aliphatic carboxylic acids is 1. The SMILES string of the molecule is CCCCC(CC)c1nnc(NC(=O)CCCC(=O)O)s1. The molecule has 1 unspecified atom stereocenters. The molecule has 0 saturated carbocycles. The third-order valence-corrected chi connectivity index (χ3v) is 4.23. The molecule has 1 aromatic rings.